The molecule has 0 aliphatic carbocycles. The normalized spacial score (nSPS) is 17.4. The summed E-state index contributed by atoms with van der Waals surface area (Å²) in [6.07, 6.45) is -0.390. The lowest BCUT2D eigenvalue weighted by Gasteiger charge is -2.23. The lowest BCUT2D eigenvalue weighted by Crippen LogP contribution is -2.49. The van der Waals surface area contributed by atoms with Gasteiger partial charge in [-0.1, -0.05) is 24.3 Å². The fourth-order valence-corrected chi connectivity index (χ4v) is 3.07. The zero-order valence-corrected chi connectivity index (χ0v) is 16.7. The highest BCUT2D eigenvalue weighted by Gasteiger charge is 2.31. The zero-order valence-electron chi connectivity index (χ0n) is 16.7. The van der Waals surface area contributed by atoms with Crippen LogP contribution in [0.15, 0.2) is 47.6 Å². The van der Waals surface area contributed by atoms with Crippen molar-refractivity contribution < 1.29 is 28.3 Å². The first kappa shape index (κ1) is 22.0. The number of fused-ring (bicyclic) bond motifs is 1. The molecule has 3 N–H and O–H groups in total. The van der Waals surface area contributed by atoms with Crippen LogP contribution in [0.5, 0.6) is 0 Å². The molecule has 0 bridgehead atoms. The third kappa shape index (κ3) is 4.92. The van der Waals surface area contributed by atoms with E-state index < -0.39 is 47.5 Å². The predicted octanol–water partition coefficient (Wildman–Crippen LogP) is 1.17. The molecule has 2 aromatic carbocycles. The summed E-state index contributed by atoms with van der Waals surface area (Å²) in [5.41, 5.74) is 0.878. The third-order valence-electron chi connectivity index (χ3n) is 4.73. The van der Waals surface area contributed by atoms with Crippen LogP contribution in [-0.4, -0.2) is 47.1 Å². The fraction of sp³-hybridized carbons (Fsp3) is 0.238. The quantitative estimate of drug-likeness (QED) is 0.661. The van der Waals surface area contributed by atoms with Crippen LogP contribution in [0.4, 0.5) is 8.78 Å². The van der Waals surface area contributed by atoms with E-state index in [9.17, 15) is 28.3 Å². The Morgan fingerprint density at radius 2 is 1.77 bits per heavy atom. The van der Waals surface area contributed by atoms with Crippen LogP contribution in [0.3, 0.4) is 0 Å². The molecule has 0 fully saturated rings. The van der Waals surface area contributed by atoms with Crippen LogP contribution in [-0.2, 0) is 14.4 Å². The van der Waals surface area contributed by atoms with Crippen molar-refractivity contribution in [3.8, 4) is 0 Å². The van der Waals surface area contributed by atoms with E-state index in [1.807, 2.05) is 0 Å². The SMILES string of the molecule is C[C@H](NC(=O)[C@H](O)c1cc(F)cc(F)c1)C(=O)N[C@@H]1C(=O)N(C)N=Cc2ccccc21. The molecule has 1 heterocycles. The highest BCUT2D eigenvalue weighted by atomic mass is 19.1. The van der Waals surface area contributed by atoms with E-state index in [-0.39, 0.29) is 5.56 Å². The summed E-state index contributed by atoms with van der Waals surface area (Å²) < 4.78 is 26.7. The average Bonchev–Trinajstić information content (AvgIpc) is 2.84. The minimum absolute atomic E-state index is 0.297. The van der Waals surface area contributed by atoms with E-state index in [1.54, 1.807) is 24.3 Å². The molecule has 0 spiro atoms. The van der Waals surface area contributed by atoms with Crippen molar-refractivity contribution in [1.29, 1.82) is 0 Å². The summed E-state index contributed by atoms with van der Waals surface area (Å²) in [6, 6.07) is 6.92. The molecule has 0 saturated carbocycles. The molecule has 8 nitrogen and oxygen atoms in total. The maximum atomic E-state index is 13.3. The number of rotatable bonds is 5. The maximum Gasteiger partial charge on any atom is 0.269 e. The maximum absolute atomic E-state index is 13.3. The van der Waals surface area contributed by atoms with Gasteiger partial charge >= 0.3 is 0 Å². The molecule has 0 radical (unpaired) electrons. The number of carbonyl (C=O) groups is 3. The van der Waals surface area contributed by atoms with Gasteiger partial charge in [-0.15, -0.1) is 0 Å². The Morgan fingerprint density at radius 3 is 2.45 bits per heavy atom. The van der Waals surface area contributed by atoms with Crippen molar-refractivity contribution >= 4 is 23.9 Å². The molecule has 10 heteroatoms. The van der Waals surface area contributed by atoms with E-state index in [4.69, 9.17) is 0 Å². The Bertz CT molecular complexity index is 1040. The topological polar surface area (TPSA) is 111 Å². The lowest BCUT2D eigenvalue weighted by molar-refractivity contribution is -0.137. The molecule has 0 aromatic heterocycles. The monoisotopic (exact) mass is 430 g/mol. The number of hydrazone groups is 1. The van der Waals surface area contributed by atoms with Crippen molar-refractivity contribution in [2.45, 2.75) is 25.1 Å². The Balaban J connectivity index is 1.71. The van der Waals surface area contributed by atoms with E-state index in [1.165, 1.54) is 20.2 Å². The first-order chi connectivity index (χ1) is 14.7. The first-order valence-electron chi connectivity index (χ1n) is 9.32. The van der Waals surface area contributed by atoms with E-state index in [0.29, 0.717) is 17.2 Å². The predicted molar refractivity (Wildman–Crippen MR) is 107 cm³/mol. The highest BCUT2D eigenvalue weighted by Crippen LogP contribution is 2.22. The van der Waals surface area contributed by atoms with Gasteiger partial charge in [0.2, 0.25) is 5.91 Å². The molecule has 162 valence electrons. The number of likely N-dealkylation sites (N-methyl/N-ethyl adjacent to an activating group) is 1. The van der Waals surface area contributed by atoms with Crippen molar-refractivity contribution in [2.75, 3.05) is 7.05 Å². The van der Waals surface area contributed by atoms with Gasteiger partial charge in [0.15, 0.2) is 6.10 Å². The minimum Gasteiger partial charge on any atom is -0.378 e. The van der Waals surface area contributed by atoms with E-state index >= 15 is 0 Å². The number of aliphatic hydroxyl groups is 1. The molecule has 1 aliphatic rings. The highest BCUT2D eigenvalue weighted by molar-refractivity contribution is 5.96. The minimum atomic E-state index is -1.89. The first-order valence-corrected chi connectivity index (χ1v) is 9.32. The molecule has 31 heavy (non-hydrogen) atoms. The number of amides is 3. The summed E-state index contributed by atoms with van der Waals surface area (Å²) in [5.74, 6) is -4.12. The molecule has 0 saturated heterocycles. The number of hydrogen-bond acceptors (Lipinski definition) is 5. The number of carbonyl (C=O) groups excluding carboxylic acids is 3. The number of nitrogens with one attached hydrogen (secondary N) is 2. The molecule has 0 unspecified atom stereocenters. The zero-order chi connectivity index (χ0) is 22.7. The van der Waals surface area contributed by atoms with Crippen LogP contribution >= 0.6 is 0 Å². The summed E-state index contributed by atoms with van der Waals surface area (Å²) in [7, 11) is 1.45. The Hall–Kier alpha value is -3.66. The van der Waals surface area contributed by atoms with Gasteiger partial charge in [-0.05, 0) is 30.2 Å². The van der Waals surface area contributed by atoms with Crippen molar-refractivity contribution in [3.63, 3.8) is 0 Å². The van der Waals surface area contributed by atoms with Gasteiger partial charge < -0.3 is 15.7 Å². The van der Waals surface area contributed by atoms with Crippen LogP contribution in [0.25, 0.3) is 0 Å². The van der Waals surface area contributed by atoms with Gasteiger partial charge in [0, 0.05) is 18.7 Å². The molecule has 3 atom stereocenters. The molecule has 3 rings (SSSR count). The number of hydrogen-bond donors (Lipinski definition) is 3. The average molecular weight is 430 g/mol. The fourth-order valence-electron chi connectivity index (χ4n) is 3.07. The number of halogens is 2. The number of nitrogens with zero attached hydrogens (tertiary/aromatic N) is 2. The Kier molecular flexibility index (Phi) is 6.40. The summed E-state index contributed by atoms with van der Waals surface area (Å²) >= 11 is 0. The summed E-state index contributed by atoms with van der Waals surface area (Å²) in [5, 5.41) is 20.0. The van der Waals surface area contributed by atoms with Crippen molar-refractivity contribution in [3.05, 3.63) is 70.8 Å². The summed E-state index contributed by atoms with van der Waals surface area (Å²) in [6.45, 7) is 1.35. The third-order valence-corrected chi connectivity index (χ3v) is 4.73. The molecule has 3 amide bonds. The van der Waals surface area contributed by atoms with Gasteiger partial charge in [-0.2, -0.15) is 5.10 Å². The second-order valence-corrected chi connectivity index (χ2v) is 7.01. The lowest BCUT2D eigenvalue weighted by atomic mass is 10.00. The number of aliphatic hydroxyl groups excluding tert-OH is 1. The smallest absolute Gasteiger partial charge is 0.269 e. The van der Waals surface area contributed by atoms with Crippen LogP contribution in [0.1, 0.15) is 35.8 Å². The molecule has 2 aromatic rings. The van der Waals surface area contributed by atoms with Crippen molar-refractivity contribution in [1.82, 2.24) is 15.6 Å². The second kappa shape index (κ2) is 9.00. The molecular weight excluding hydrogens is 410 g/mol. The van der Waals surface area contributed by atoms with Gasteiger partial charge in [0.05, 0.1) is 6.21 Å². The van der Waals surface area contributed by atoms with Gasteiger partial charge in [0.25, 0.3) is 11.8 Å². The molecule has 1 aliphatic heterocycles. The van der Waals surface area contributed by atoms with Crippen LogP contribution in [0, 0.1) is 11.6 Å². The van der Waals surface area contributed by atoms with E-state index in [0.717, 1.165) is 17.1 Å². The van der Waals surface area contributed by atoms with Gasteiger partial charge in [0.1, 0.15) is 23.7 Å². The Morgan fingerprint density at radius 1 is 1.13 bits per heavy atom. The standard InChI is InChI=1S/C21H20F2N4O4/c1-11(25-20(30)18(28)13-7-14(22)9-15(23)8-13)19(29)26-17-16-6-4-3-5-12(16)10-24-27(2)21(17)31/h3-11,17-18,28H,1-2H3,(H,25,30)(H,26,29)/t11-,17-,18+/m0/s1. The number of benzene rings is 2. The molecular formula is C21H20F2N4O4. The van der Waals surface area contributed by atoms with Gasteiger partial charge in [-0.3, -0.25) is 14.4 Å². The van der Waals surface area contributed by atoms with Crippen LogP contribution in [0.2, 0.25) is 0 Å². The van der Waals surface area contributed by atoms with Crippen molar-refractivity contribution in [2.24, 2.45) is 5.10 Å². The Labute approximate surface area is 176 Å². The van der Waals surface area contributed by atoms with E-state index in [2.05, 4.69) is 15.7 Å². The second-order valence-electron chi connectivity index (χ2n) is 7.01. The summed E-state index contributed by atoms with van der Waals surface area (Å²) in [4.78, 5) is 37.6. The van der Waals surface area contributed by atoms with Gasteiger partial charge in [-0.25, -0.2) is 13.8 Å². The van der Waals surface area contributed by atoms with Crippen LogP contribution < -0.4 is 10.6 Å². The largest absolute Gasteiger partial charge is 0.378 e.